The Kier molecular flexibility index (Phi) is 6.52. The normalized spacial score (nSPS) is 21.8. The van der Waals surface area contributed by atoms with Crippen LogP contribution in [0, 0.1) is 6.92 Å². The first-order chi connectivity index (χ1) is 13.7. The number of benzene rings is 1. The summed E-state index contributed by atoms with van der Waals surface area (Å²) in [5.74, 6) is -1.89. The SMILES string of the molecule is CCCCOc1ccc(S(=O)(=O)NC2CC(n3cnnc3C)CC(F)(F)C2)cc1. The summed E-state index contributed by atoms with van der Waals surface area (Å²) in [7, 11) is -3.93. The van der Waals surface area contributed by atoms with Crippen LogP contribution in [0.15, 0.2) is 35.5 Å². The minimum atomic E-state index is -3.93. The molecular weight excluding hydrogens is 402 g/mol. The van der Waals surface area contributed by atoms with Gasteiger partial charge in [-0.05, 0) is 44.0 Å². The number of nitrogens with one attached hydrogen (secondary N) is 1. The number of ether oxygens (including phenoxy) is 1. The van der Waals surface area contributed by atoms with Crippen LogP contribution in [0.1, 0.15) is 50.9 Å². The van der Waals surface area contributed by atoms with E-state index in [-0.39, 0.29) is 17.7 Å². The molecule has 0 saturated heterocycles. The van der Waals surface area contributed by atoms with Crippen LogP contribution in [0.3, 0.4) is 0 Å². The second-order valence-corrected chi connectivity index (χ2v) is 9.14. The van der Waals surface area contributed by atoms with Gasteiger partial charge in [0, 0.05) is 24.9 Å². The molecule has 1 aliphatic carbocycles. The van der Waals surface area contributed by atoms with Crippen LogP contribution in [-0.4, -0.2) is 41.8 Å². The number of aryl methyl sites for hydroxylation is 1. The zero-order valence-corrected chi connectivity index (χ0v) is 17.3. The number of alkyl halides is 2. The maximum atomic E-state index is 14.3. The summed E-state index contributed by atoms with van der Waals surface area (Å²) in [4.78, 5) is 0.0197. The highest BCUT2D eigenvalue weighted by molar-refractivity contribution is 7.89. The number of hydrogen-bond donors (Lipinski definition) is 1. The van der Waals surface area contributed by atoms with Crippen molar-refractivity contribution < 1.29 is 21.9 Å². The van der Waals surface area contributed by atoms with E-state index in [1.807, 2.05) is 0 Å². The maximum absolute atomic E-state index is 14.3. The third-order valence-electron chi connectivity index (χ3n) is 5.00. The Hall–Kier alpha value is -2.07. The van der Waals surface area contributed by atoms with Gasteiger partial charge >= 0.3 is 0 Å². The van der Waals surface area contributed by atoms with E-state index in [9.17, 15) is 17.2 Å². The molecule has 0 amide bonds. The van der Waals surface area contributed by atoms with E-state index in [1.165, 1.54) is 18.5 Å². The van der Waals surface area contributed by atoms with Crippen LogP contribution >= 0.6 is 0 Å². The van der Waals surface area contributed by atoms with E-state index in [4.69, 9.17) is 4.74 Å². The summed E-state index contributed by atoms with van der Waals surface area (Å²) in [6.07, 6.45) is 2.65. The van der Waals surface area contributed by atoms with Crippen molar-refractivity contribution in [2.75, 3.05) is 6.61 Å². The molecule has 0 aliphatic heterocycles. The molecule has 0 radical (unpaired) electrons. The number of sulfonamides is 1. The van der Waals surface area contributed by atoms with Crippen LogP contribution in [0.5, 0.6) is 5.75 Å². The van der Waals surface area contributed by atoms with Gasteiger partial charge in [-0.15, -0.1) is 10.2 Å². The average molecular weight is 429 g/mol. The molecule has 7 nitrogen and oxygen atoms in total. The number of nitrogens with zero attached hydrogens (tertiary/aromatic N) is 3. The van der Waals surface area contributed by atoms with Gasteiger partial charge in [0.05, 0.1) is 11.5 Å². The summed E-state index contributed by atoms with van der Waals surface area (Å²) in [5.41, 5.74) is 0. The Morgan fingerprint density at radius 1 is 1.28 bits per heavy atom. The predicted molar refractivity (Wildman–Crippen MR) is 104 cm³/mol. The van der Waals surface area contributed by atoms with Gasteiger partial charge in [0.2, 0.25) is 10.0 Å². The van der Waals surface area contributed by atoms with Crippen LogP contribution in [0.4, 0.5) is 8.78 Å². The smallest absolute Gasteiger partial charge is 0.251 e. The third-order valence-corrected chi connectivity index (χ3v) is 6.54. The molecular formula is C19H26F2N4O3S. The second kappa shape index (κ2) is 8.74. The molecule has 10 heteroatoms. The van der Waals surface area contributed by atoms with Crippen molar-refractivity contribution in [2.45, 2.75) is 68.9 Å². The lowest BCUT2D eigenvalue weighted by Gasteiger charge is -2.35. The molecule has 160 valence electrons. The lowest BCUT2D eigenvalue weighted by molar-refractivity contribution is -0.0579. The molecule has 1 heterocycles. The quantitative estimate of drug-likeness (QED) is 0.651. The number of aromatic nitrogens is 3. The first-order valence-corrected chi connectivity index (χ1v) is 11.2. The van der Waals surface area contributed by atoms with Crippen molar-refractivity contribution in [3.8, 4) is 5.75 Å². The van der Waals surface area contributed by atoms with E-state index in [1.54, 1.807) is 23.6 Å². The third kappa shape index (κ3) is 5.51. The predicted octanol–water partition coefficient (Wildman–Crippen LogP) is 3.47. The molecule has 1 aliphatic rings. The second-order valence-electron chi connectivity index (χ2n) is 7.43. The van der Waals surface area contributed by atoms with E-state index < -0.39 is 34.5 Å². The van der Waals surface area contributed by atoms with Gasteiger partial charge in [-0.1, -0.05) is 13.3 Å². The summed E-state index contributed by atoms with van der Waals surface area (Å²) >= 11 is 0. The van der Waals surface area contributed by atoms with Crippen LogP contribution in [0.25, 0.3) is 0 Å². The Labute approximate surface area is 169 Å². The highest BCUT2D eigenvalue weighted by atomic mass is 32.2. The zero-order chi connectivity index (χ0) is 21.1. The molecule has 29 heavy (non-hydrogen) atoms. The minimum absolute atomic E-state index is 0.0197. The monoisotopic (exact) mass is 428 g/mol. The van der Waals surface area contributed by atoms with Crippen LogP contribution in [-0.2, 0) is 10.0 Å². The maximum Gasteiger partial charge on any atom is 0.251 e. The Balaban J connectivity index is 1.70. The molecule has 0 bridgehead atoms. The van der Waals surface area contributed by atoms with Gasteiger partial charge < -0.3 is 9.30 Å². The summed E-state index contributed by atoms with van der Waals surface area (Å²) in [6.45, 7) is 4.29. The Bertz CT molecular complexity index is 916. The number of halogens is 2. The van der Waals surface area contributed by atoms with Crippen molar-refractivity contribution in [1.82, 2.24) is 19.5 Å². The molecule has 0 spiro atoms. The first-order valence-electron chi connectivity index (χ1n) is 9.69. The largest absolute Gasteiger partial charge is 0.494 e. The number of unbranched alkanes of at least 4 members (excludes halogenated alkanes) is 1. The standard InChI is InChI=1S/C19H26F2N4O3S/c1-3-4-9-28-17-5-7-18(8-6-17)29(26,27)24-15-10-16(12-19(20,21)11-15)25-13-22-23-14(25)2/h5-8,13,15-16,24H,3-4,9-12H2,1-2H3. The fourth-order valence-corrected chi connectivity index (χ4v) is 4.83. The summed E-state index contributed by atoms with van der Waals surface area (Å²) in [6, 6.07) is 4.52. The molecule has 1 aromatic carbocycles. The summed E-state index contributed by atoms with van der Waals surface area (Å²) in [5, 5.41) is 7.58. The molecule has 2 atom stereocenters. The molecule has 1 aromatic heterocycles. The number of hydrogen-bond acceptors (Lipinski definition) is 5. The lowest BCUT2D eigenvalue weighted by atomic mass is 9.88. The van der Waals surface area contributed by atoms with Crippen molar-refractivity contribution in [1.29, 1.82) is 0 Å². The highest BCUT2D eigenvalue weighted by Crippen LogP contribution is 2.40. The number of rotatable bonds is 8. The van der Waals surface area contributed by atoms with Crippen molar-refractivity contribution in [2.24, 2.45) is 0 Å². The van der Waals surface area contributed by atoms with Crippen molar-refractivity contribution in [3.05, 3.63) is 36.4 Å². The van der Waals surface area contributed by atoms with Crippen molar-refractivity contribution in [3.63, 3.8) is 0 Å². The van der Waals surface area contributed by atoms with Gasteiger partial charge in [-0.3, -0.25) is 0 Å². The lowest BCUT2D eigenvalue weighted by Crippen LogP contribution is -2.45. The topological polar surface area (TPSA) is 86.1 Å². The minimum Gasteiger partial charge on any atom is -0.494 e. The summed E-state index contributed by atoms with van der Waals surface area (Å²) < 4.78 is 63.6. The molecule has 1 fully saturated rings. The first kappa shape index (κ1) is 21.6. The van der Waals surface area contributed by atoms with Crippen LogP contribution < -0.4 is 9.46 Å². The molecule has 1 N–H and O–H groups in total. The molecule has 3 rings (SSSR count). The van der Waals surface area contributed by atoms with E-state index in [0.29, 0.717) is 18.2 Å². The highest BCUT2D eigenvalue weighted by Gasteiger charge is 2.43. The fraction of sp³-hybridized carbons (Fsp3) is 0.579. The van der Waals surface area contributed by atoms with E-state index >= 15 is 0 Å². The molecule has 2 aromatic rings. The van der Waals surface area contributed by atoms with Gasteiger partial charge in [-0.2, -0.15) is 0 Å². The van der Waals surface area contributed by atoms with E-state index in [0.717, 1.165) is 12.8 Å². The Morgan fingerprint density at radius 2 is 2.00 bits per heavy atom. The van der Waals surface area contributed by atoms with Gasteiger partial charge in [0.1, 0.15) is 17.9 Å². The zero-order valence-electron chi connectivity index (χ0n) is 16.5. The van der Waals surface area contributed by atoms with E-state index in [2.05, 4.69) is 21.8 Å². The Morgan fingerprint density at radius 3 is 2.62 bits per heavy atom. The van der Waals surface area contributed by atoms with Gasteiger partial charge in [-0.25, -0.2) is 21.9 Å². The fourth-order valence-electron chi connectivity index (χ4n) is 3.58. The van der Waals surface area contributed by atoms with Gasteiger partial charge in [0.25, 0.3) is 5.92 Å². The average Bonchev–Trinajstić information content (AvgIpc) is 3.07. The van der Waals surface area contributed by atoms with Crippen molar-refractivity contribution >= 4 is 10.0 Å². The van der Waals surface area contributed by atoms with Crippen LogP contribution in [0.2, 0.25) is 0 Å². The molecule has 2 unspecified atom stereocenters. The van der Waals surface area contributed by atoms with Gasteiger partial charge in [0.15, 0.2) is 0 Å². The molecule has 1 saturated carbocycles.